The second kappa shape index (κ2) is 9.10. The number of carboxylic acids is 1. The van der Waals surface area contributed by atoms with Gasteiger partial charge in [0.15, 0.2) is 0 Å². The molecule has 0 atom stereocenters. The largest absolute Gasteiger partial charge is 0.493 e. The molecule has 3 heteroatoms. The van der Waals surface area contributed by atoms with E-state index in [9.17, 15) is 4.79 Å². The molecule has 0 fully saturated rings. The molecule has 24 heavy (non-hydrogen) atoms. The van der Waals surface area contributed by atoms with Crippen molar-refractivity contribution in [2.45, 2.75) is 78.6 Å². The molecule has 136 valence electrons. The van der Waals surface area contributed by atoms with Crippen LogP contribution in [0.25, 0.3) is 0 Å². The first-order valence-corrected chi connectivity index (χ1v) is 9.30. The highest BCUT2D eigenvalue weighted by atomic mass is 16.5. The number of aliphatic carboxylic acids is 1. The highest BCUT2D eigenvalue weighted by Gasteiger charge is 2.35. The van der Waals surface area contributed by atoms with E-state index in [4.69, 9.17) is 9.84 Å². The molecule has 0 heterocycles. The van der Waals surface area contributed by atoms with Crippen LogP contribution < -0.4 is 4.74 Å². The highest BCUT2D eigenvalue weighted by Crippen LogP contribution is 2.45. The summed E-state index contributed by atoms with van der Waals surface area (Å²) in [5.41, 5.74) is 1.93. The number of carboxylic acid groups (broad SMARTS) is 1. The molecule has 0 amide bonds. The highest BCUT2D eigenvalue weighted by molar-refractivity contribution is 5.66. The van der Waals surface area contributed by atoms with E-state index in [0.717, 1.165) is 18.6 Å². The molecule has 1 rings (SSSR count). The zero-order chi connectivity index (χ0) is 18.2. The average Bonchev–Trinajstić information content (AvgIpc) is 2.60. The Morgan fingerprint density at radius 2 is 1.54 bits per heavy atom. The van der Waals surface area contributed by atoms with Crippen molar-refractivity contribution in [3.05, 3.63) is 29.8 Å². The van der Waals surface area contributed by atoms with Crippen LogP contribution in [0.5, 0.6) is 5.75 Å². The van der Waals surface area contributed by atoms with Crippen molar-refractivity contribution >= 4 is 5.97 Å². The summed E-state index contributed by atoms with van der Waals surface area (Å²) in [6.07, 6.45) is 5.86. The second-order valence-electron chi connectivity index (χ2n) is 7.20. The predicted molar refractivity (Wildman–Crippen MR) is 99.8 cm³/mol. The van der Waals surface area contributed by atoms with E-state index in [2.05, 4.69) is 46.8 Å². The number of benzene rings is 1. The SMILES string of the molecule is CCC(C)(CC)CC(CC)(CC)c1ccc(OCCC(=O)O)cc1. The molecular formula is C21H34O3. The molecule has 0 aromatic heterocycles. The third-order valence-corrected chi connectivity index (χ3v) is 5.88. The summed E-state index contributed by atoms with van der Waals surface area (Å²) in [5.74, 6) is -0.0872. The van der Waals surface area contributed by atoms with Crippen LogP contribution >= 0.6 is 0 Å². The van der Waals surface area contributed by atoms with Crippen molar-refractivity contribution in [2.24, 2.45) is 5.41 Å². The van der Waals surface area contributed by atoms with E-state index >= 15 is 0 Å². The van der Waals surface area contributed by atoms with E-state index < -0.39 is 5.97 Å². The lowest BCUT2D eigenvalue weighted by atomic mass is 9.64. The Morgan fingerprint density at radius 1 is 1.00 bits per heavy atom. The Balaban J connectivity index is 2.94. The predicted octanol–water partition coefficient (Wildman–Crippen LogP) is 5.81. The molecule has 0 aliphatic rings. The minimum Gasteiger partial charge on any atom is -0.493 e. The minimum atomic E-state index is -0.832. The van der Waals surface area contributed by atoms with Crippen LogP contribution in [0.15, 0.2) is 24.3 Å². The van der Waals surface area contributed by atoms with Gasteiger partial charge in [-0.05, 0) is 47.8 Å². The molecule has 1 N–H and O–H groups in total. The van der Waals surface area contributed by atoms with Crippen LogP contribution in [0.2, 0.25) is 0 Å². The minimum absolute atomic E-state index is 0.0287. The topological polar surface area (TPSA) is 46.5 Å². The lowest BCUT2D eigenvalue weighted by Crippen LogP contribution is -2.32. The molecule has 0 aliphatic carbocycles. The zero-order valence-electron chi connectivity index (χ0n) is 16.0. The molecule has 0 spiro atoms. The first kappa shape index (κ1) is 20.5. The fourth-order valence-electron chi connectivity index (χ4n) is 3.49. The van der Waals surface area contributed by atoms with Gasteiger partial charge in [0.25, 0.3) is 0 Å². The Kier molecular flexibility index (Phi) is 7.78. The molecule has 0 bridgehead atoms. The Morgan fingerprint density at radius 3 is 1.96 bits per heavy atom. The molecular weight excluding hydrogens is 300 g/mol. The van der Waals surface area contributed by atoms with E-state index in [1.165, 1.54) is 24.8 Å². The van der Waals surface area contributed by atoms with Crippen LogP contribution in [-0.4, -0.2) is 17.7 Å². The first-order chi connectivity index (χ1) is 11.3. The standard InChI is InChI=1S/C21H34O3/c1-6-20(5,7-2)16-21(8-3,9-4)17-10-12-18(13-11-17)24-15-14-19(22)23/h10-13H,6-9,14-16H2,1-5H3,(H,22,23). The summed E-state index contributed by atoms with van der Waals surface area (Å²) < 4.78 is 5.51. The van der Waals surface area contributed by atoms with Gasteiger partial charge in [0.2, 0.25) is 0 Å². The summed E-state index contributed by atoms with van der Waals surface area (Å²) in [4.78, 5) is 10.6. The van der Waals surface area contributed by atoms with Crippen molar-refractivity contribution < 1.29 is 14.6 Å². The summed E-state index contributed by atoms with van der Waals surface area (Å²) in [7, 11) is 0. The number of hydrogen-bond acceptors (Lipinski definition) is 2. The van der Waals surface area contributed by atoms with E-state index in [0.29, 0.717) is 5.41 Å². The lowest BCUT2D eigenvalue weighted by molar-refractivity contribution is -0.137. The molecule has 1 aromatic carbocycles. The van der Waals surface area contributed by atoms with E-state index in [1.54, 1.807) is 0 Å². The van der Waals surface area contributed by atoms with Crippen molar-refractivity contribution in [3.63, 3.8) is 0 Å². The molecule has 0 unspecified atom stereocenters. The number of ether oxygens (including phenoxy) is 1. The van der Waals surface area contributed by atoms with Gasteiger partial charge in [-0.25, -0.2) is 0 Å². The fourth-order valence-corrected chi connectivity index (χ4v) is 3.49. The van der Waals surface area contributed by atoms with Gasteiger partial charge in [0.05, 0.1) is 13.0 Å². The molecule has 1 aromatic rings. The number of rotatable bonds is 11. The molecule has 0 radical (unpaired) electrons. The van der Waals surface area contributed by atoms with Gasteiger partial charge < -0.3 is 9.84 Å². The maximum absolute atomic E-state index is 10.6. The van der Waals surface area contributed by atoms with Crippen LogP contribution in [0.4, 0.5) is 0 Å². The van der Waals surface area contributed by atoms with Crippen molar-refractivity contribution in [2.75, 3.05) is 6.61 Å². The van der Waals surface area contributed by atoms with Gasteiger partial charge in [-0.1, -0.05) is 59.6 Å². The molecule has 3 nitrogen and oxygen atoms in total. The number of carbonyl (C=O) groups is 1. The fraction of sp³-hybridized carbons (Fsp3) is 0.667. The Hall–Kier alpha value is -1.51. The third kappa shape index (κ3) is 5.25. The molecule has 0 aliphatic heterocycles. The van der Waals surface area contributed by atoms with Crippen molar-refractivity contribution in [3.8, 4) is 5.75 Å². The maximum atomic E-state index is 10.6. The second-order valence-corrected chi connectivity index (χ2v) is 7.20. The van der Waals surface area contributed by atoms with Gasteiger partial charge in [0.1, 0.15) is 5.75 Å². The van der Waals surface area contributed by atoms with Gasteiger partial charge in [-0.15, -0.1) is 0 Å². The Labute approximate surface area is 147 Å². The van der Waals surface area contributed by atoms with Crippen molar-refractivity contribution in [1.29, 1.82) is 0 Å². The maximum Gasteiger partial charge on any atom is 0.306 e. The average molecular weight is 335 g/mol. The van der Waals surface area contributed by atoms with Crippen molar-refractivity contribution in [1.82, 2.24) is 0 Å². The number of hydrogen-bond donors (Lipinski definition) is 1. The smallest absolute Gasteiger partial charge is 0.306 e. The first-order valence-electron chi connectivity index (χ1n) is 9.30. The lowest BCUT2D eigenvalue weighted by Gasteiger charge is -2.41. The zero-order valence-corrected chi connectivity index (χ0v) is 16.0. The van der Waals surface area contributed by atoms with Crippen LogP contribution in [-0.2, 0) is 10.2 Å². The quantitative estimate of drug-likeness (QED) is 0.555. The van der Waals surface area contributed by atoms with Gasteiger partial charge >= 0.3 is 5.97 Å². The van der Waals surface area contributed by atoms with E-state index in [-0.39, 0.29) is 18.4 Å². The summed E-state index contributed by atoms with van der Waals surface area (Å²) in [6.45, 7) is 11.8. The van der Waals surface area contributed by atoms with Crippen LogP contribution in [0.3, 0.4) is 0 Å². The van der Waals surface area contributed by atoms with E-state index in [1.807, 2.05) is 12.1 Å². The Bertz CT molecular complexity index is 496. The van der Waals surface area contributed by atoms with Gasteiger partial charge in [0, 0.05) is 0 Å². The third-order valence-electron chi connectivity index (χ3n) is 5.88. The van der Waals surface area contributed by atoms with Gasteiger partial charge in [-0.3, -0.25) is 4.79 Å². The molecule has 0 saturated carbocycles. The summed E-state index contributed by atoms with van der Waals surface area (Å²) in [5, 5.41) is 8.68. The summed E-state index contributed by atoms with van der Waals surface area (Å²) in [6, 6.07) is 8.28. The molecule has 0 saturated heterocycles. The monoisotopic (exact) mass is 334 g/mol. The normalized spacial score (nSPS) is 12.2. The van der Waals surface area contributed by atoms with Crippen LogP contribution in [0, 0.1) is 5.41 Å². The van der Waals surface area contributed by atoms with Crippen LogP contribution in [0.1, 0.15) is 78.7 Å². The summed E-state index contributed by atoms with van der Waals surface area (Å²) >= 11 is 0. The van der Waals surface area contributed by atoms with Gasteiger partial charge in [-0.2, -0.15) is 0 Å².